The van der Waals surface area contributed by atoms with Gasteiger partial charge in [-0.15, -0.1) is 0 Å². The molecule has 1 aromatic heterocycles. The normalized spacial score (nSPS) is 10.8. The fourth-order valence-corrected chi connectivity index (χ4v) is 2.69. The van der Waals surface area contributed by atoms with E-state index in [1.807, 2.05) is 25.1 Å². The highest BCUT2D eigenvalue weighted by Crippen LogP contribution is 2.31. The maximum Gasteiger partial charge on any atom is 0.139 e. The summed E-state index contributed by atoms with van der Waals surface area (Å²) in [6.07, 6.45) is 1.70. The first-order valence-corrected chi connectivity index (χ1v) is 7.21. The molecule has 0 bridgehead atoms. The summed E-state index contributed by atoms with van der Waals surface area (Å²) < 4.78 is 14.2. The topological polar surface area (TPSA) is 50.9 Å². The molecule has 21 heavy (non-hydrogen) atoms. The fourth-order valence-electron chi connectivity index (χ4n) is 2.23. The van der Waals surface area contributed by atoms with Crippen LogP contribution in [0.1, 0.15) is 5.56 Å². The van der Waals surface area contributed by atoms with Gasteiger partial charge < -0.3 is 11.1 Å². The highest BCUT2D eigenvalue weighted by atomic mass is 79.9. The van der Waals surface area contributed by atoms with Crippen molar-refractivity contribution in [2.24, 2.45) is 0 Å². The SMILES string of the molecule is Cc1cc(Br)c(F)cc1Nc1ccc(N)c2ncccc12. The molecular weight excluding hydrogens is 333 g/mol. The monoisotopic (exact) mass is 345 g/mol. The molecule has 0 aliphatic carbocycles. The molecule has 2 aromatic carbocycles. The number of rotatable bonds is 2. The molecule has 0 saturated carbocycles. The minimum atomic E-state index is -0.305. The third-order valence-electron chi connectivity index (χ3n) is 3.34. The van der Waals surface area contributed by atoms with Crippen molar-refractivity contribution in [3.05, 3.63) is 58.4 Å². The van der Waals surface area contributed by atoms with Gasteiger partial charge in [-0.2, -0.15) is 0 Å². The fraction of sp³-hybridized carbons (Fsp3) is 0.0625. The molecule has 0 aliphatic heterocycles. The molecule has 0 amide bonds. The molecule has 0 spiro atoms. The Bertz CT molecular complexity index is 833. The molecule has 0 radical (unpaired) electrons. The number of halogens is 2. The van der Waals surface area contributed by atoms with E-state index >= 15 is 0 Å². The minimum Gasteiger partial charge on any atom is -0.397 e. The van der Waals surface area contributed by atoms with Gasteiger partial charge in [-0.05, 0) is 64.8 Å². The van der Waals surface area contributed by atoms with Crippen molar-refractivity contribution in [3.63, 3.8) is 0 Å². The molecule has 3 aromatic rings. The number of hydrogen-bond donors (Lipinski definition) is 2. The number of aromatic nitrogens is 1. The van der Waals surface area contributed by atoms with Gasteiger partial charge in [0.1, 0.15) is 5.82 Å². The summed E-state index contributed by atoms with van der Waals surface area (Å²) in [4.78, 5) is 4.29. The van der Waals surface area contributed by atoms with Gasteiger partial charge in [-0.3, -0.25) is 4.98 Å². The van der Waals surface area contributed by atoms with E-state index in [9.17, 15) is 4.39 Å². The van der Waals surface area contributed by atoms with E-state index in [0.29, 0.717) is 15.8 Å². The zero-order valence-corrected chi connectivity index (χ0v) is 12.9. The van der Waals surface area contributed by atoms with Gasteiger partial charge in [0.25, 0.3) is 0 Å². The van der Waals surface area contributed by atoms with Gasteiger partial charge >= 0.3 is 0 Å². The number of nitrogens with one attached hydrogen (secondary N) is 1. The predicted molar refractivity (Wildman–Crippen MR) is 88.3 cm³/mol. The van der Waals surface area contributed by atoms with Crippen molar-refractivity contribution in [3.8, 4) is 0 Å². The summed E-state index contributed by atoms with van der Waals surface area (Å²) in [6, 6.07) is 10.7. The number of benzene rings is 2. The zero-order valence-electron chi connectivity index (χ0n) is 11.3. The number of fused-ring (bicyclic) bond motifs is 1. The molecule has 3 nitrogen and oxygen atoms in total. The summed E-state index contributed by atoms with van der Waals surface area (Å²) in [6.45, 7) is 1.92. The number of hydrogen-bond acceptors (Lipinski definition) is 3. The molecule has 1 heterocycles. The zero-order chi connectivity index (χ0) is 15.0. The lowest BCUT2D eigenvalue weighted by Gasteiger charge is -2.13. The van der Waals surface area contributed by atoms with Gasteiger partial charge in [0.05, 0.1) is 15.7 Å². The van der Waals surface area contributed by atoms with Gasteiger partial charge in [0.2, 0.25) is 0 Å². The van der Waals surface area contributed by atoms with Gasteiger partial charge in [0.15, 0.2) is 0 Å². The molecular formula is C16H13BrFN3. The highest BCUT2D eigenvalue weighted by molar-refractivity contribution is 9.10. The maximum absolute atomic E-state index is 13.7. The molecule has 0 unspecified atom stereocenters. The minimum absolute atomic E-state index is 0.305. The van der Waals surface area contributed by atoms with Crippen molar-refractivity contribution in [1.29, 1.82) is 0 Å². The van der Waals surface area contributed by atoms with E-state index in [0.717, 1.165) is 22.2 Å². The molecule has 0 aliphatic rings. The second-order valence-electron chi connectivity index (χ2n) is 4.81. The van der Waals surface area contributed by atoms with Crippen molar-refractivity contribution in [1.82, 2.24) is 4.98 Å². The van der Waals surface area contributed by atoms with E-state index in [2.05, 4.69) is 26.2 Å². The quantitative estimate of drug-likeness (QED) is 0.657. The van der Waals surface area contributed by atoms with Crippen LogP contribution in [-0.4, -0.2) is 4.98 Å². The van der Waals surface area contributed by atoms with Crippen LogP contribution in [0.5, 0.6) is 0 Å². The Morgan fingerprint density at radius 2 is 2.00 bits per heavy atom. The van der Waals surface area contributed by atoms with Crippen LogP contribution in [0, 0.1) is 12.7 Å². The Kier molecular flexibility index (Phi) is 3.51. The summed E-state index contributed by atoms with van der Waals surface area (Å²) in [5.74, 6) is -0.305. The van der Waals surface area contributed by atoms with Crippen molar-refractivity contribution >= 4 is 43.9 Å². The predicted octanol–water partition coefficient (Wildman–Crippen LogP) is 4.77. The van der Waals surface area contributed by atoms with E-state index in [1.165, 1.54) is 6.07 Å². The van der Waals surface area contributed by atoms with Crippen LogP contribution >= 0.6 is 15.9 Å². The van der Waals surface area contributed by atoms with Gasteiger partial charge in [0, 0.05) is 23.0 Å². The summed E-state index contributed by atoms with van der Waals surface area (Å²) in [5.41, 5.74) is 9.79. The number of nitrogen functional groups attached to an aromatic ring is 1. The van der Waals surface area contributed by atoms with E-state index in [4.69, 9.17) is 5.73 Å². The number of pyridine rings is 1. The molecule has 5 heteroatoms. The Hall–Kier alpha value is -2.14. The second kappa shape index (κ2) is 5.33. The lowest BCUT2D eigenvalue weighted by molar-refractivity contribution is 0.621. The first-order chi connectivity index (χ1) is 10.1. The lowest BCUT2D eigenvalue weighted by atomic mass is 10.1. The number of aryl methyl sites for hydroxylation is 1. The standard InChI is InChI=1S/C16H13BrFN3/c1-9-7-11(17)12(18)8-15(9)21-14-5-4-13(19)16-10(14)3-2-6-20-16/h2-8,21H,19H2,1H3. The molecule has 0 atom stereocenters. The first-order valence-electron chi connectivity index (χ1n) is 6.42. The molecule has 106 valence electrons. The average molecular weight is 346 g/mol. The van der Waals surface area contributed by atoms with E-state index in [1.54, 1.807) is 18.3 Å². The van der Waals surface area contributed by atoms with Crippen LogP contribution in [0.2, 0.25) is 0 Å². The van der Waals surface area contributed by atoms with Gasteiger partial charge in [-0.1, -0.05) is 0 Å². The van der Waals surface area contributed by atoms with Crippen LogP contribution in [0.3, 0.4) is 0 Å². The molecule has 0 saturated heterocycles. The Morgan fingerprint density at radius 3 is 2.81 bits per heavy atom. The second-order valence-corrected chi connectivity index (χ2v) is 5.66. The first kappa shape index (κ1) is 13.8. The number of nitrogens with zero attached hydrogens (tertiary/aromatic N) is 1. The molecule has 0 fully saturated rings. The van der Waals surface area contributed by atoms with Crippen LogP contribution in [0.15, 0.2) is 47.1 Å². The van der Waals surface area contributed by atoms with E-state index in [-0.39, 0.29) is 5.82 Å². The van der Waals surface area contributed by atoms with Crippen LogP contribution in [0.4, 0.5) is 21.5 Å². The maximum atomic E-state index is 13.7. The Balaban J connectivity index is 2.11. The molecule has 3 N–H and O–H groups in total. The highest BCUT2D eigenvalue weighted by Gasteiger charge is 2.09. The summed E-state index contributed by atoms with van der Waals surface area (Å²) in [5, 5.41) is 4.16. The van der Waals surface area contributed by atoms with Crippen LogP contribution in [0.25, 0.3) is 10.9 Å². The lowest BCUT2D eigenvalue weighted by Crippen LogP contribution is -1.98. The van der Waals surface area contributed by atoms with Crippen LogP contribution < -0.4 is 11.1 Å². The largest absolute Gasteiger partial charge is 0.397 e. The average Bonchev–Trinajstić information content (AvgIpc) is 2.48. The third-order valence-corrected chi connectivity index (χ3v) is 3.95. The summed E-state index contributed by atoms with van der Waals surface area (Å²) in [7, 11) is 0. The number of anilines is 3. The van der Waals surface area contributed by atoms with Crippen molar-refractivity contribution in [2.45, 2.75) is 6.92 Å². The third kappa shape index (κ3) is 2.56. The Labute approximate surface area is 130 Å². The van der Waals surface area contributed by atoms with Crippen molar-refractivity contribution < 1.29 is 4.39 Å². The Morgan fingerprint density at radius 1 is 1.19 bits per heavy atom. The van der Waals surface area contributed by atoms with Gasteiger partial charge in [-0.25, -0.2) is 4.39 Å². The number of nitrogens with two attached hydrogens (primary N) is 1. The summed E-state index contributed by atoms with van der Waals surface area (Å²) >= 11 is 3.19. The van der Waals surface area contributed by atoms with E-state index < -0.39 is 0 Å². The van der Waals surface area contributed by atoms with Crippen LogP contribution in [-0.2, 0) is 0 Å². The molecule has 3 rings (SSSR count). The smallest absolute Gasteiger partial charge is 0.139 e. The van der Waals surface area contributed by atoms with Crippen molar-refractivity contribution in [2.75, 3.05) is 11.1 Å².